The lowest BCUT2D eigenvalue weighted by atomic mass is 10.1. The molecular weight excluding hydrogens is 348 g/mol. The molecule has 1 aromatic rings. The Balaban J connectivity index is 1.70. The number of carbonyl (C=O) groups is 1. The number of hydrogen-bond acceptors (Lipinski definition) is 4. The molecule has 1 amide bonds. The Morgan fingerprint density at radius 2 is 2.21 bits per heavy atom. The molecule has 1 unspecified atom stereocenters. The first kappa shape index (κ1) is 19.2. The lowest BCUT2D eigenvalue weighted by Crippen LogP contribution is -2.39. The molecule has 24 heavy (non-hydrogen) atoms. The Labute approximate surface area is 149 Å². The van der Waals surface area contributed by atoms with Crippen molar-refractivity contribution in [3.05, 3.63) is 34.9 Å². The van der Waals surface area contributed by atoms with Crippen molar-refractivity contribution in [2.45, 2.75) is 32.2 Å². The molecule has 1 atom stereocenters. The summed E-state index contributed by atoms with van der Waals surface area (Å²) in [4.78, 5) is 14.1. The van der Waals surface area contributed by atoms with Gasteiger partial charge in [-0.1, -0.05) is 30.7 Å². The van der Waals surface area contributed by atoms with Crippen LogP contribution in [0.5, 0.6) is 0 Å². The first-order valence-electron chi connectivity index (χ1n) is 8.35. The first-order chi connectivity index (χ1) is 11.4. The van der Waals surface area contributed by atoms with Gasteiger partial charge in [0.2, 0.25) is 5.91 Å². The van der Waals surface area contributed by atoms with Crippen molar-refractivity contribution in [1.82, 2.24) is 10.2 Å². The zero-order valence-electron chi connectivity index (χ0n) is 14.0. The van der Waals surface area contributed by atoms with Crippen molar-refractivity contribution in [3.8, 4) is 0 Å². The smallest absolute Gasteiger partial charge is 0.221 e. The van der Waals surface area contributed by atoms with E-state index in [1.165, 1.54) is 0 Å². The summed E-state index contributed by atoms with van der Waals surface area (Å²) in [5.74, 6) is 0.480. The van der Waals surface area contributed by atoms with Gasteiger partial charge in [-0.3, -0.25) is 9.69 Å². The zero-order chi connectivity index (χ0) is 17.6. The molecule has 0 radical (unpaired) electrons. The van der Waals surface area contributed by atoms with Crippen LogP contribution in [-0.2, 0) is 21.1 Å². The number of nitrogens with zero attached hydrogens (tertiary/aromatic N) is 1. The number of carbonyl (C=O) groups excluding carboxylic acids is 1. The van der Waals surface area contributed by atoms with E-state index in [1.807, 2.05) is 31.2 Å². The van der Waals surface area contributed by atoms with E-state index in [4.69, 9.17) is 11.6 Å². The number of nitrogens with one attached hydrogen (secondary N) is 1. The maximum absolute atomic E-state index is 12.0. The van der Waals surface area contributed by atoms with Gasteiger partial charge in [-0.15, -0.1) is 0 Å². The van der Waals surface area contributed by atoms with Gasteiger partial charge in [0.05, 0.1) is 11.5 Å². The first-order valence-corrected chi connectivity index (χ1v) is 10.5. The van der Waals surface area contributed by atoms with E-state index in [1.54, 1.807) is 0 Å². The van der Waals surface area contributed by atoms with Crippen LogP contribution >= 0.6 is 11.6 Å². The van der Waals surface area contributed by atoms with Gasteiger partial charge in [-0.25, -0.2) is 8.42 Å². The Morgan fingerprint density at radius 1 is 1.42 bits per heavy atom. The van der Waals surface area contributed by atoms with Crippen molar-refractivity contribution in [2.24, 2.45) is 0 Å². The molecule has 1 saturated heterocycles. The molecule has 2 rings (SSSR count). The second-order valence-corrected chi connectivity index (χ2v) is 8.83. The van der Waals surface area contributed by atoms with Gasteiger partial charge >= 0.3 is 0 Å². The Hall–Kier alpha value is -1.11. The van der Waals surface area contributed by atoms with Crippen LogP contribution in [0.25, 0.3) is 0 Å². The third kappa shape index (κ3) is 6.07. The van der Waals surface area contributed by atoms with E-state index in [-0.39, 0.29) is 23.5 Å². The summed E-state index contributed by atoms with van der Waals surface area (Å²) >= 11 is 5.93. The molecule has 0 aliphatic carbocycles. The van der Waals surface area contributed by atoms with E-state index in [0.717, 1.165) is 18.5 Å². The van der Waals surface area contributed by atoms with Crippen molar-refractivity contribution in [1.29, 1.82) is 0 Å². The lowest BCUT2D eigenvalue weighted by molar-refractivity contribution is -0.121. The molecule has 1 aliphatic rings. The highest BCUT2D eigenvalue weighted by molar-refractivity contribution is 7.91. The van der Waals surface area contributed by atoms with Gasteiger partial charge in [-0.2, -0.15) is 0 Å². The van der Waals surface area contributed by atoms with Gasteiger partial charge in [0.1, 0.15) is 0 Å². The predicted molar refractivity (Wildman–Crippen MR) is 97.1 cm³/mol. The number of amides is 1. The summed E-state index contributed by atoms with van der Waals surface area (Å²) < 4.78 is 23.2. The monoisotopic (exact) mass is 372 g/mol. The summed E-state index contributed by atoms with van der Waals surface area (Å²) in [7, 11) is -2.89. The SMILES string of the molecule is CCN(CCC(=O)NCCc1cccc(Cl)c1)C1CCS(=O)(=O)C1. The normalized spacial score (nSPS) is 19.5. The highest BCUT2D eigenvalue weighted by atomic mass is 35.5. The number of halogens is 1. The van der Waals surface area contributed by atoms with Crippen LogP contribution in [0.4, 0.5) is 0 Å². The molecule has 1 heterocycles. The molecule has 1 fully saturated rings. The fourth-order valence-corrected chi connectivity index (χ4v) is 5.01. The van der Waals surface area contributed by atoms with Crippen LogP contribution in [0.3, 0.4) is 0 Å². The fraction of sp³-hybridized carbons (Fsp3) is 0.588. The minimum atomic E-state index is -2.89. The summed E-state index contributed by atoms with van der Waals surface area (Å²) in [5, 5.41) is 3.61. The van der Waals surface area contributed by atoms with Crippen LogP contribution in [0.1, 0.15) is 25.3 Å². The predicted octanol–water partition coefficient (Wildman–Crippen LogP) is 1.90. The average Bonchev–Trinajstić information content (AvgIpc) is 2.88. The Kier molecular flexibility index (Phi) is 7.07. The quantitative estimate of drug-likeness (QED) is 0.756. The molecule has 1 aliphatic heterocycles. The Morgan fingerprint density at radius 3 is 2.83 bits per heavy atom. The molecule has 1 N–H and O–H groups in total. The second kappa shape index (κ2) is 8.83. The van der Waals surface area contributed by atoms with Crippen molar-refractivity contribution in [3.63, 3.8) is 0 Å². The molecule has 0 bridgehead atoms. The van der Waals surface area contributed by atoms with Crippen LogP contribution in [-0.4, -0.2) is 56.4 Å². The van der Waals surface area contributed by atoms with Crippen LogP contribution in [0.15, 0.2) is 24.3 Å². The zero-order valence-corrected chi connectivity index (χ0v) is 15.6. The molecule has 0 saturated carbocycles. The summed E-state index contributed by atoms with van der Waals surface area (Å²) in [6, 6.07) is 7.66. The van der Waals surface area contributed by atoms with Crippen molar-refractivity contribution in [2.75, 3.05) is 31.1 Å². The van der Waals surface area contributed by atoms with Crippen molar-refractivity contribution < 1.29 is 13.2 Å². The number of hydrogen-bond donors (Lipinski definition) is 1. The summed E-state index contributed by atoms with van der Waals surface area (Å²) in [5.41, 5.74) is 1.09. The maximum atomic E-state index is 12.0. The van der Waals surface area contributed by atoms with Gasteiger partial charge < -0.3 is 5.32 Å². The fourth-order valence-electron chi connectivity index (χ4n) is 3.03. The molecule has 0 aromatic heterocycles. The molecular formula is C17H25ClN2O3S. The third-order valence-corrected chi connectivity index (χ3v) is 6.37. The molecule has 5 nitrogen and oxygen atoms in total. The number of benzene rings is 1. The number of sulfone groups is 1. The van der Waals surface area contributed by atoms with E-state index >= 15 is 0 Å². The van der Waals surface area contributed by atoms with E-state index in [0.29, 0.717) is 31.0 Å². The summed E-state index contributed by atoms with van der Waals surface area (Å²) in [6.45, 7) is 3.93. The van der Waals surface area contributed by atoms with E-state index < -0.39 is 9.84 Å². The maximum Gasteiger partial charge on any atom is 0.221 e. The highest BCUT2D eigenvalue weighted by Crippen LogP contribution is 2.17. The van der Waals surface area contributed by atoms with Gasteiger partial charge in [0, 0.05) is 30.6 Å². The van der Waals surface area contributed by atoms with E-state index in [2.05, 4.69) is 10.2 Å². The van der Waals surface area contributed by atoms with Crippen LogP contribution in [0, 0.1) is 0 Å². The minimum Gasteiger partial charge on any atom is -0.356 e. The highest BCUT2D eigenvalue weighted by Gasteiger charge is 2.31. The van der Waals surface area contributed by atoms with E-state index in [9.17, 15) is 13.2 Å². The van der Waals surface area contributed by atoms with Gasteiger partial charge in [0.15, 0.2) is 9.84 Å². The largest absolute Gasteiger partial charge is 0.356 e. The average molecular weight is 373 g/mol. The van der Waals surface area contributed by atoms with Gasteiger partial charge in [-0.05, 0) is 37.1 Å². The Bertz CT molecular complexity index is 664. The molecule has 7 heteroatoms. The van der Waals surface area contributed by atoms with Crippen LogP contribution < -0.4 is 5.32 Å². The molecule has 134 valence electrons. The van der Waals surface area contributed by atoms with Crippen molar-refractivity contribution >= 4 is 27.3 Å². The lowest BCUT2D eigenvalue weighted by Gasteiger charge is -2.26. The minimum absolute atomic E-state index is 0.00340. The standard InChI is InChI=1S/C17H25ClN2O3S/c1-2-20(16-8-11-24(22,23)13-16)10-7-17(21)19-9-6-14-4-3-5-15(18)12-14/h3-5,12,16H,2,6-11,13H2,1H3,(H,19,21). The van der Waals surface area contributed by atoms with Gasteiger partial charge in [0.25, 0.3) is 0 Å². The molecule has 0 spiro atoms. The van der Waals surface area contributed by atoms with Crippen LogP contribution in [0.2, 0.25) is 5.02 Å². The topological polar surface area (TPSA) is 66.5 Å². The third-order valence-electron chi connectivity index (χ3n) is 4.38. The summed E-state index contributed by atoms with van der Waals surface area (Å²) in [6.07, 6.45) is 1.80. The second-order valence-electron chi connectivity index (χ2n) is 6.17. The molecule has 1 aromatic carbocycles. The number of rotatable bonds is 8.